The molecule has 0 bridgehead atoms. The summed E-state index contributed by atoms with van der Waals surface area (Å²) in [5, 5.41) is 0. The zero-order valence-electron chi connectivity index (χ0n) is 10.7. The second-order valence-corrected chi connectivity index (χ2v) is 6.51. The van der Waals surface area contributed by atoms with Crippen molar-refractivity contribution in [1.82, 2.24) is 0 Å². The van der Waals surface area contributed by atoms with Crippen molar-refractivity contribution in [3.05, 3.63) is 23.8 Å². The van der Waals surface area contributed by atoms with E-state index in [1.807, 2.05) is 0 Å². The van der Waals surface area contributed by atoms with Crippen LogP contribution in [0.3, 0.4) is 0 Å². The summed E-state index contributed by atoms with van der Waals surface area (Å²) in [6.45, 7) is 3.63. The molecule has 0 amide bonds. The van der Waals surface area contributed by atoms with E-state index in [0.29, 0.717) is 10.7 Å². The molecular weight excluding hydrogens is 292 g/mol. The molecule has 2 nitrogen and oxygen atoms in total. The van der Waals surface area contributed by atoms with Crippen molar-refractivity contribution in [3.63, 3.8) is 0 Å². The fraction of sp³-hybridized carbons (Fsp3) is 0.600. The summed E-state index contributed by atoms with van der Waals surface area (Å²) >= 11 is 3.83. The second kappa shape index (κ2) is 5.12. The average molecular weight is 311 g/mol. The van der Waals surface area contributed by atoms with E-state index in [0.717, 1.165) is 30.6 Å². The molecule has 1 aromatic carbocycles. The minimum Gasteiger partial charge on any atom is -0.489 e. The van der Waals surface area contributed by atoms with Crippen LogP contribution in [0.1, 0.15) is 36.6 Å². The first-order valence-electron chi connectivity index (χ1n) is 6.77. The largest absolute Gasteiger partial charge is 0.489 e. The van der Waals surface area contributed by atoms with Crippen LogP contribution in [0.5, 0.6) is 11.5 Å². The lowest BCUT2D eigenvalue weighted by Crippen LogP contribution is -2.16. The van der Waals surface area contributed by atoms with E-state index in [4.69, 9.17) is 9.47 Å². The molecule has 1 aromatic rings. The van der Waals surface area contributed by atoms with E-state index in [1.165, 1.54) is 24.8 Å². The molecule has 0 saturated heterocycles. The summed E-state index contributed by atoms with van der Waals surface area (Å²) in [4.78, 5) is 0.459. The SMILES string of the molecule is CC1COc2ccc(C(Br)C3CCC3)cc2OC1. The highest BCUT2D eigenvalue weighted by atomic mass is 79.9. The van der Waals surface area contributed by atoms with Crippen LogP contribution in [0, 0.1) is 11.8 Å². The highest BCUT2D eigenvalue weighted by Crippen LogP contribution is 2.45. The van der Waals surface area contributed by atoms with E-state index in [1.54, 1.807) is 0 Å². The predicted molar refractivity (Wildman–Crippen MR) is 75.6 cm³/mol. The Morgan fingerprint density at radius 2 is 1.89 bits per heavy atom. The lowest BCUT2D eigenvalue weighted by molar-refractivity contribution is 0.228. The molecule has 0 spiro atoms. The lowest BCUT2D eigenvalue weighted by atomic mass is 9.81. The number of hydrogen-bond acceptors (Lipinski definition) is 2. The summed E-state index contributed by atoms with van der Waals surface area (Å²) < 4.78 is 11.6. The Labute approximate surface area is 117 Å². The minimum absolute atomic E-state index is 0.451. The third kappa shape index (κ3) is 2.37. The van der Waals surface area contributed by atoms with Crippen molar-refractivity contribution in [2.24, 2.45) is 11.8 Å². The number of ether oxygens (including phenoxy) is 2. The molecule has 18 heavy (non-hydrogen) atoms. The van der Waals surface area contributed by atoms with Crippen molar-refractivity contribution in [2.75, 3.05) is 13.2 Å². The Morgan fingerprint density at radius 1 is 1.17 bits per heavy atom. The van der Waals surface area contributed by atoms with Crippen LogP contribution in [0.15, 0.2) is 18.2 Å². The minimum atomic E-state index is 0.451. The lowest BCUT2D eigenvalue weighted by Gasteiger charge is -2.30. The molecule has 1 fully saturated rings. The molecule has 3 rings (SSSR count). The van der Waals surface area contributed by atoms with Gasteiger partial charge in [-0.05, 0) is 36.5 Å². The number of alkyl halides is 1. The number of hydrogen-bond donors (Lipinski definition) is 0. The Balaban J connectivity index is 1.81. The first-order chi connectivity index (χ1) is 8.74. The molecule has 1 saturated carbocycles. The molecule has 2 atom stereocenters. The fourth-order valence-corrected chi connectivity index (χ4v) is 3.26. The van der Waals surface area contributed by atoms with Gasteiger partial charge in [0.25, 0.3) is 0 Å². The Hall–Kier alpha value is -0.700. The van der Waals surface area contributed by atoms with Gasteiger partial charge in [0, 0.05) is 10.7 Å². The van der Waals surface area contributed by atoms with Gasteiger partial charge in [-0.15, -0.1) is 0 Å². The Bertz CT molecular complexity index is 429. The fourth-order valence-electron chi connectivity index (χ4n) is 2.45. The van der Waals surface area contributed by atoms with Gasteiger partial charge in [0.15, 0.2) is 11.5 Å². The molecule has 2 aliphatic rings. The summed E-state index contributed by atoms with van der Waals surface area (Å²) in [5.41, 5.74) is 1.32. The highest BCUT2D eigenvalue weighted by Gasteiger charge is 2.27. The van der Waals surface area contributed by atoms with Gasteiger partial charge >= 0.3 is 0 Å². The molecule has 1 aliphatic carbocycles. The van der Waals surface area contributed by atoms with Crippen LogP contribution in [0.4, 0.5) is 0 Å². The molecule has 1 heterocycles. The number of fused-ring (bicyclic) bond motifs is 1. The first kappa shape index (κ1) is 12.3. The third-order valence-electron chi connectivity index (χ3n) is 3.90. The predicted octanol–water partition coefficient (Wildman–Crippen LogP) is 4.33. The summed E-state index contributed by atoms with van der Waals surface area (Å²) in [5.74, 6) is 3.03. The first-order valence-corrected chi connectivity index (χ1v) is 7.69. The van der Waals surface area contributed by atoms with Gasteiger partial charge in [-0.3, -0.25) is 0 Å². The molecule has 0 radical (unpaired) electrons. The van der Waals surface area contributed by atoms with Gasteiger partial charge in [0.05, 0.1) is 13.2 Å². The van der Waals surface area contributed by atoms with Crippen molar-refractivity contribution >= 4 is 15.9 Å². The maximum Gasteiger partial charge on any atom is 0.161 e. The van der Waals surface area contributed by atoms with Crippen molar-refractivity contribution in [1.29, 1.82) is 0 Å². The zero-order valence-corrected chi connectivity index (χ0v) is 12.3. The van der Waals surface area contributed by atoms with Crippen LogP contribution < -0.4 is 9.47 Å². The summed E-state index contributed by atoms with van der Waals surface area (Å²) in [6.07, 6.45) is 4.04. The van der Waals surface area contributed by atoms with Crippen molar-refractivity contribution < 1.29 is 9.47 Å². The monoisotopic (exact) mass is 310 g/mol. The highest BCUT2D eigenvalue weighted by molar-refractivity contribution is 9.09. The summed E-state index contributed by atoms with van der Waals surface area (Å²) in [6, 6.07) is 6.36. The molecule has 3 heteroatoms. The van der Waals surface area contributed by atoms with Gasteiger partial charge in [-0.1, -0.05) is 35.3 Å². The van der Waals surface area contributed by atoms with Crippen molar-refractivity contribution in [3.8, 4) is 11.5 Å². The molecule has 0 aromatic heterocycles. The zero-order chi connectivity index (χ0) is 12.5. The molecule has 2 unspecified atom stereocenters. The number of halogens is 1. The second-order valence-electron chi connectivity index (χ2n) is 5.53. The van der Waals surface area contributed by atoms with Gasteiger partial charge in [0.2, 0.25) is 0 Å². The molecule has 0 N–H and O–H groups in total. The van der Waals surface area contributed by atoms with Gasteiger partial charge < -0.3 is 9.47 Å². The van der Waals surface area contributed by atoms with E-state index in [9.17, 15) is 0 Å². The smallest absolute Gasteiger partial charge is 0.161 e. The number of rotatable bonds is 2. The van der Waals surface area contributed by atoms with Gasteiger partial charge in [-0.25, -0.2) is 0 Å². The Morgan fingerprint density at radius 3 is 2.56 bits per heavy atom. The van der Waals surface area contributed by atoms with E-state index >= 15 is 0 Å². The normalized spacial score (nSPS) is 25.1. The van der Waals surface area contributed by atoms with Crippen LogP contribution >= 0.6 is 15.9 Å². The average Bonchev–Trinajstić information content (AvgIpc) is 2.49. The van der Waals surface area contributed by atoms with Crippen LogP contribution in [0.2, 0.25) is 0 Å². The van der Waals surface area contributed by atoms with Crippen molar-refractivity contribution in [2.45, 2.75) is 31.0 Å². The van der Waals surface area contributed by atoms with E-state index < -0.39 is 0 Å². The van der Waals surface area contributed by atoms with Gasteiger partial charge in [-0.2, -0.15) is 0 Å². The van der Waals surface area contributed by atoms with Crippen LogP contribution in [-0.2, 0) is 0 Å². The maximum absolute atomic E-state index is 5.84. The summed E-state index contributed by atoms with van der Waals surface area (Å²) in [7, 11) is 0. The third-order valence-corrected chi connectivity index (χ3v) is 5.17. The standard InChI is InChI=1S/C15H19BrO2/c1-10-8-17-13-6-5-12(7-14(13)18-9-10)15(16)11-3-2-4-11/h5-7,10-11,15H,2-4,8-9H2,1H3. The quantitative estimate of drug-likeness (QED) is 0.757. The van der Waals surface area contributed by atoms with E-state index in [2.05, 4.69) is 41.1 Å². The van der Waals surface area contributed by atoms with Gasteiger partial charge in [0.1, 0.15) is 0 Å². The van der Waals surface area contributed by atoms with E-state index in [-0.39, 0.29) is 0 Å². The topological polar surface area (TPSA) is 18.5 Å². The maximum atomic E-state index is 5.84. The molecular formula is C15H19BrO2. The van der Waals surface area contributed by atoms with Crippen LogP contribution in [-0.4, -0.2) is 13.2 Å². The number of benzene rings is 1. The molecule has 1 aliphatic heterocycles. The Kier molecular flexibility index (Phi) is 3.51. The van der Waals surface area contributed by atoms with Crippen LogP contribution in [0.25, 0.3) is 0 Å². The molecule has 98 valence electrons.